The molecule has 2 nitrogen and oxygen atoms in total. The fourth-order valence-electron chi connectivity index (χ4n) is 1.90. The van der Waals surface area contributed by atoms with Crippen LogP contribution in [0.15, 0.2) is 60.7 Å². The van der Waals surface area contributed by atoms with Crippen molar-refractivity contribution in [1.82, 2.24) is 0 Å². The fraction of sp³-hybridized carbons (Fsp3) is 0.133. The van der Waals surface area contributed by atoms with Gasteiger partial charge in [0, 0.05) is 0 Å². The Morgan fingerprint density at radius 3 is 2.00 bits per heavy atom. The van der Waals surface area contributed by atoms with Crippen LogP contribution in [-0.4, -0.2) is 10.5 Å². The van der Waals surface area contributed by atoms with Gasteiger partial charge in [-0.05, 0) is 24.6 Å². The Bertz CT molecular complexity index is 525. The SMILES string of the molecule is CC(C(=[N+]=[N-])c1ccccc1)c1ccccc1. The van der Waals surface area contributed by atoms with Gasteiger partial charge in [-0.2, -0.15) is 4.79 Å². The first-order chi connectivity index (χ1) is 8.33. The molecule has 2 aromatic rings. The van der Waals surface area contributed by atoms with Crippen LogP contribution in [0.2, 0.25) is 0 Å². The predicted octanol–water partition coefficient (Wildman–Crippen LogP) is 3.51. The quantitative estimate of drug-likeness (QED) is 0.433. The molecule has 84 valence electrons. The van der Waals surface area contributed by atoms with Gasteiger partial charge in [-0.25, -0.2) is 0 Å². The number of benzene rings is 2. The van der Waals surface area contributed by atoms with Gasteiger partial charge in [0.2, 0.25) is 0 Å². The molecule has 2 aromatic carbocycles. The normalized spacial score (nSPS) is 11.6. The molecule has 0 bridgehead atoms. The zero-order valence-electron chi connectivity index (χ0n) is 9.75. The number of hydrogen-bond donors (Lipinski definition) is 0. The molecule has 0 aliphatic heterocycles. The first kappa shape index (κ1) is 11.3. The lowest BCUT2D eigenvalue weighted by atomic mass is 9.92. The number of rotatable bonds is 3. The molecule has 0 aliphatic carbocycles. The second kappa shape index (κ2) is 5.24. The monoisotopic (exact) mass is 222 g/mol. The van der Waals surface area contributed by atoms with Crippen LogP contribution in [0.1, 0.15) is 24.0 Å². The predicted molar refractivity (Wildman–Crippen MR) is 69.0 cm³/mol. The number of hydrogen-bond acceptors (Lipinski definition) is 0. The summed E-state index contributed by atoms with van der Waals surface area (Å²) < 4.78 is 0. The van der Waals surface area contributed by atoms with Crippen molar-refractivity contribution in [2.45, 2.75) is 12.8 Å². The Kier molecular flexibility index (Phi) is 3.49. The van der Waals surface area contributed by atoms with Gasteiger partial charge in [-0.3, -0.25) is 0 Å². The summed E-state index contributed by atoms with van der Waals surface area (Å²) in [6.07, 6.45) is 0. The highest BCUT2D eigenvalue weighted by atomic mass is 14.9. The molecule has 0 saturated heterocycles. The van der Waals surface area contributed by atoms with Crippen molar-refractivity contribution in [1.29, 1.82) is 0 Å². The minimum Gasteiger partial charge on any atom is -0.361 e. The zero-order chi connectivity index (χ0) is 12.1. The highest BCUT2D eigenvalue weighted by molar-refractivity contribution is 6.00. The third kappa shape index (κ3) is 2.49. The van der Waals surface area contributed by atoms with E-state index in [1.165, 1.54) is 0 Å². The minimum absolute atomic E-state index is 0.0728. The molecule has 2 rings (SSSR count). The van der Waals surface area contributed by atoms with E-state index in [4.69, 9.17) is 0 Å². The average molecular weight is 222 g/mol. The van der Waals surface area contributed by atoms with E-state index >= 15 is 0 Å². The third-order valence-corrected chi connectivity index (χ3v) is 2.89. The van der Waals surface area contributed by atoms with Gasteiger partial charge < -0.3 is 5.53 Å². The molecular formula is C15H14N2. The summed E-state index contributed by atoms with van der Waals surface area (Å²) >= 11 is 0. The lowest BCUT2D eigenvalue weighted by Gasteiger charge is -2.07. The largest absolute Gasteiger partial charge is 0.361 e. The van der Waals surface area contributed by atoms with E-state index < -0.39 is 0 Å². The maximum Gasteiger partial charge on any atom is 0.306 e. The molecule has 1 atom stereocenters. The lowest BCUT2D eigenvalue weighted by molar-refractivity contribution is -0.00817. The molecule has 2 heteroatoms. The van der Waals surface area contributed by atoms with Gasteiger partial charge in [0.25, 0.3) is 0 Å². The van der Waals surface area contributed by atoms with Crippen LogP contribution in [0.25, 0.3) is 5.53 Å². The molecule has 0 fully saturated rings. The molecule has 0 aromatic heterocycles. The molecule has 0 saturated carbocycles. The van der Waals surface area contributed by atoms with Crippen molar-refractivity contribution >= 4 is 5.71 Å². The third-order valence-electron chi connectivity index (χ3n) is 2.89. The van der Waals surface area contributed by atoms with Crippen molar-refractivity contribution in [2.75, 3.05) is 0 Å². The van der Waals surface area contributed by atoms with Gasteiger partial charge >= 0.3 is 5.71 Å². The van der Waals surface area contributed by atoms with E-state index in [2.05, 4.69) is 4.79 Å². The first-order valence-corrected chi connectivity index (χ1v) is 5.65. The molecule has 0 radical (unpaired) electrons. The van der Waals surface area contributed by atoms with E-state index in [1.807, 2.05) is 67.6 Å². The van der Waals surface area contributed by atoms with E-state index in [9.17, 15) is 5.53 Å². The van der Waals surface area contributed by atoms with Crippen LogP contribution in [0, 0.1) is 0 Å². The Hall–Kier alpha value is -2.18. The highest BCUT2D eigenvalue weighted by Gasteiger charge is 2.22. The summed E-state index contributed by atoms with van der Waals surface area (Å²) in [6, 6.07) is 19.8. The minimum atomic E-state index is 0.0728. The smallest absolute Gasteiger partial charge is 0.306 e. The molecule has 17 heavy (non-hydrogen) atoms. The van der Waals surface area contributed by atoms with Gasteiger partial charge in [0.05, 0.1) is 11.5 Å². The summed E-state index contributed by atoms with van der Waals surface area (Å²) in [5.74, 6) is 0.0728. The molecular weight excluding hydrogens is 208 g/mol. The second-order valence-corrected chi connectivity index (χ2v) is 3.98. The highest BCUT2D eigenvalue weighted by Crippen LogP contribution is 2.19. The fourth-order valence-corrected chi connectivity index (χ4v) is 1.90. The van der Waals surface area contributed by atoms with Gasteiger partial charge in [-0.1, -0.05) is 48.5 Å². The maximum atomic E-state index is 9.20. The molecule has 0 aliphatic rings. The van der Waals surface area contributed by atoms with Gasteiger partial charge in [0.1, 0.15) is 0 Å². The van der Waals surface area contributed by atoms with E-state index in [0.29, 0.717) is 5.71 Å². The molecule has 0 spiro atoms. The van der Waals surface area contributed by atoms with E-state index in [-0.39, 0.29) is 5.92 Å². The second-order valence-electron chi connectivity index (χ2n) is 3.98. The Balaban J connectivity index is 2.36. The van der Waals surface area contributed by atoms with Crippen molar-refractivity contribution in [3.8, 4) is 0 Å². The Morgan fingerprint density at radius 1 is 0.941 bits per heavy atom. The van der Waals surface area contributed by atoms with Crippen molar-refractivity contribution in [3.63, 3.8) is 0 Å². The summed E-state index contributed by atoms with van der Waals surface area (Å²) in [5.41, 5.74) is 12.0. The van der Waals surface area contributed by atoms with Crippen LogP contribution in [-0.2, 0) is 0 Å². The molecule has 1 unspecified atom stereocenters. The topological polar surface area (TPSA) is 36.4 Å². The Morgan fingerprint density at radius 2 is 1.47 bits per heavy atom. The lowest BCUT2D eigenvalue weighted by Crippen LogP contribution is -2.12. The van der Waals surface area contributed by atoms with Crippen molar-refractivity contribution in [3.05, 3.63) is 77.3 Å². The van der Waals surface area contributed by atoms with Gasteiger partial charge in [0.15, 0.2) is 0 Å². The Labute approximate surface area is 101 Å². The first-order valence-electron chi connectivity index (χ1n) is 5.65. The van der Waals surface area contributed by atoms with Crippen LogP contribution in [0.5, 0.6) is 0 Å². The van der Waals surface area contributed by atoms with Crippen LogP contribution in [0.4, 0.5) is 0 Å². The van der Waals surface area contributed by atoms with E-state index in [1.54, 1.807) is 0 Å². The summed E-state index contributed by atoms with van der Waals surface area (Å²) in [6.45, 7) is 2.04. The van der Waals surface area contributed by atoms with E-state index in [0.717, 1.165) is 11.1 Å². The maximum absolute atomic E-state index is 9.20. The van der Waals surface area contributed by atoms with Crippen LogP contribution >= 0.6 is 0 Å². The molecule has 0 heterocycles. The average Bonchev–Trinajstić information content (AvgIpc) is 2.42. The van der Waals surface area contributed by atoms with Crippen molar-refractivity contribution in [2.24, 2.45) is 0 Å². The van der Waals surface area contributed by atoms with Crippen LogP contribution in [0.3, 0.4) is 0 Å². The summed E-state index contributed by atoms with van der Waals surface area (Å²) in [5, 5.41) is 0. The standard InChI is InChI=1S/C15H14N2/c1-12(13-8-4-2-5-9-13)15(17-16)14-10-6-3-7-11-14/h2-12H,1H3. The summed E-state index contributed by atoms with van der Waals surface area (Å²) in [4.78, 5) is 3.45. The zero-order valence-corrected chi connectivity index (χ0v) is 9.75. The number of nitrogens with zero attached hydrogens (tertiary/aromatic N) is 2. The summed E-state index contributed by atoms with van der Waals surface area (Å²) in [7, 11) is 0. The van der Waals surface area contributed by atoms with Gasteiger partial charge in [-0.15, -0.1) is 0 Å². The van der Waals surface area contributed by atoms with Crippen molar-refractivity contribution < 1.29 is 4.79 Å². The molecule has 0 amide bonds. The van der Waals surface area contributed by atoms with Crippen LogP contribution < -0.4 is 0 Å². The molecule has 0 N–H and O–H groups in total.